The highest BCUT2D eigenvalue weighted by atomic mass is 32.2. The van der Waals surface area contributed by atoms with Crippen LogP contribution in [0.2, 0.25) is 0 Å². The second-order valence-electron chi connectivity index (χ2n) is 7.60. The lowest BCUT2D eigenvalue weighted by atomic mass is 9.79. The molecule has 4 N–H and O–H groups in total. The number of rotatable bonds is 6. The van der Waals surface area contributed by atoms with E-state index >= 15 is 0 Å². The lowest BCUT2D eigenvalue weighted by molar-refractivity contribution is -0.163. The Morgan fingerprint density at radius 1 is 1.52 bits per heavy atom. The maximum Gasteiger partial charge on any atom is 0.353 e. The normalized spacial score (nSPS) is 30.1. The first kappa shape index (κ1) is 20.5. The molecule has 0 aromatic carbocycles. The van der Waals surface area contributed by atoms with Gasteiger partial charge in [0.2, 0.25) is 5.91 Å². The average Bonchev–Trinajstić information content (AvgIpc) is 3.24. The largest absolute Gasteiger partial charge is 0.477 e. The van der Waals surface area contributed by atoms with E-state index in [1.165, 1.54) is 28.0 Å². The van der Waals surface area contributed by atoms with Gasteiger partial charge < -0.3 is 25.5 Å². The number of carboxylic acid groups (broad SMARTS) is 1. The summed E-state index contributed by atoms with van der Waals surface area (Å²) >= 11 is 2.73. The van der Waals surface area contributed by atoms with Crippen molar-refractivity contribution in [2.75, 3.05) is 13.2 Å². The molecule has 29 heavy (non-hydrogen) atoms. The topological polar surface area (TPSA) is 123 Å². The third kappa shape index (κ3) is 3.42. The highest BCUT2D eigenvalue weighted by molar-refractivity contribution is 8.04. The molecule has 0 aliphatic carbocycles. The number of thioether (sulfide) groups is 1. The Labute approximate surface area is 176 Å². The summed E-state index contributed by atoms with van der Waals surface area (Å²) in [6.07, 6.45) is 1.99. The first-order valence-electron chi connectivity index (χ1n) is 9.49. The Bertz CT molecular complexity index is 909. The van der Waals surface area contributed by atoms with Crippen molar-refractivity contribution in [3.63, 3.8) is 0 Å². The van der Waals surface area contributed by atoms with Gasteiger partial charge in [0.05, 0.1) is 30.4 Å². The first-order valence-corrected chi connectivity index (χ1v) is 11.2. The molecule has 3 aliphatic rings. The molecule has 1 saturated heterocycles. The zero-order valence-corrected chi connectivity index (χ0v) is 17.7. The van der Waals surface area contributed by atoms with Crippen LogP contribution in [-0.2, 0) is 9.59 Å². The van der Waals surface area contributed by atoms with Gasteiger partial charge in [0.1, 0.15) is 5.70 Å². The number of aliphatic carboxylic acids is 1. The van der Waals surface area contributed by atoms with Crippen molar-refractivity contribution in [2.24, 2.45) is 11.8 Å². The van der Waals surface area contributed by atoms with Crippen molar-refractivity contribution in [3.05, 3.63) is 27.8 Å². The van der Waals surface area contributed by atoms with Crippen LogP contribution in [-0.4, -0.2) is 68.4 Å². The number of aromatic nitrogens is 1. The smallest absolute Gasteiger partial charge is 0.353 e. The Morgan fingerprint density at radius 2 is 2.28 bits per heavy atom. The van der Waals surface area contributed by atoms with Gasteiger partial charge in [0, 0.05) is 28.8 Å². The Kier molecular flexibility index (Phi) is 5.56. The molecule has 5 atom stereocenters. The molecule has 1 fully saturated rings. The van der Waals surface area contributed by atoms with Crippen LogP contribution in [0, 0.1) is 11.8 Å². The number of aliphatic hydroxyl groups is 2. The Morgan fingerprint density at radius 3 is 2.86 bits per heavy atom. The third-order valence-electron chi connectivity index (χ3n) is 5.77. The SMILES string of the molecule is C[C@@H](O)[C@H]1C(=O)N2C(C(=O)O)=C(Sc3nc(C4=CC[C@@H](CO)NC4)cs3)[C@H](C)[C@H]12. The van der Waals surface area contributed by atoms with E-state index in [0.717, 1.165) is 17.7 Å². The van der Waals surface area contributed by atoms with Gasteiger partial charge in [-0.25, -0.2) is 9.78 Å². The van der Waals surface area contributed by atoms with Crippen LogP contribution in [0.15, 0.2) is 26.4 Å². The van der Waals surface area contributed by atoms with Crippen LogP contribution in [0.1, 0.15) is 26.0 Å². The fourth-order valence-electron chi connectivity index (χ4n) is 4.23. The number of thiazole rings is 1. The lowest BCUT2D eigenvalue weighted by Crippen LogP contribution is -2.63. The number of carbonyl (C=O) groups is 2. The van der Waals surface area contributed by atoms with Crippen LogP contribution in [0.5, 0.6) is 0 Å². The van der Waals surface area contributed by atoms with E-state index in [9.17, 15) is 24.9 Å². The van der Waals surface area contributed by atoms with Crippen LogP contribution < -0.4 is 5.32 Å². The number of β-lactam (4-membered cyclic amide) rings is 1. The van der Waals surface area contributed by atoms with Crippen molar-refractivity contribution < 1.29 is 24.9 Å². The van der Waals surface area contributed by atoms with Crippen molar-refractivity contribution in [1.29, 1.82) is 0 Å². The number of carbonyl (C=O) groups excluding carboxylic acids is 1. The highest BCUT2D eigenvalue weighted by Gasteiger charge is 2.60. The van der Waals surface area contributed by atoms with E-state index in [1.54, 1.807) is 6.92 Å². The second kappa shape index (κ2) is 7.84. The Hall–Kier alpha value is -1.72. The summed E-state index contributed by atoms with van der Waals surface area (Å²) < 4.78 is 0.717. The number of aliphatic hydroxyl groups excluding tert-OH is 2. The standard InChI is InChI=1S/C19H23N3O5S2/c1-8-14-13(9(2)24)17(25)22(14)15(18(26)27)16(8)29-19-21-12(7-28-19)10-3-4-11(6-23)20-5-10/h3,7-9,11,13-14,20,23-24H,4-6H2,1-2H3,(H,26,27)/t8-,9-,11+,13-,14-/m1/s1. The molecule has 0 saturated carbocycles. The van der Waals surface area contributed by atoms with Crippen LogP contribution in [0.3, 0.4) is 0 Å². The zero-order chi connectivity index (χ0) is 20.9. The van der Waals surface area contributed by atoms with Crippen molar-refractivity contribution in [2.45, 2.75) is 42.8 Å². The molecule has 0 bridgehead atoms. The molecular formula is C19H23N3O5S2. The number of nitrogens with zero attached hydrogens (tertiary/aromatic N) is 2. The van der Waals surface area contributed by atoms with Gasteiger partial charge in [-0.1, -0.05) is 24.8 Å². The Balaban J connectivity index is 1.57. The van der Waals surface area contributed by atoms with Gasteiger partial charge in [-0.2, -0.15) is 0 Å². The maximum atomic E-state index is 12.4. The minimum Gasteiger partial charge on any atom is -0.477 e. The van der Waals surface area contributed by atoms with E-state index in [-0.39, 0.29) is 36.2 Å². The van der Waals surface area contributed by atoms with E-state index in [0.29, 0.717) is 15.8 Å². The summed E-state index contributed by atoms with van der Waals surface area (Å²) in [7, 11) is 0. The fourth-order valence-corrected chi connectivity index (χ4v) is 6.34. The molecule has 1 amide bonds. The van der Waals surface area contributed by atoms with Crippen LogP contribution >= 0.6 is 23.1 Å². The predicted octanol–water partition coefficient (Wildman–Crippen LogP) is 1.13. The monoisotopic (exact) mass is 437 g/mol. The molecule has 1 aromatic heterocycles. The van der Waals surface area contributed by atoms with E-state index in [1.807, 2.05) is 12.3 Å². The summed E-state index contributed by atoms with van der Waals surface area (Å²) in [4.78, 5) is 30.9. The molecule has 156 valence electrons. The molecule has 0 unspecified atom stereocenters. The van der Waals surface area contributed by atoms with Crippen molar-refractivity contribution in [3.8, 4) is 0 Å². The van der Waals surface area contributed by atoms with Crippen molar-refractivity contribution in [1.82, 2.24) is 15.2 Å². The van der Waals surface area contributed by atoms with Crippen LogP contribution in [0.25, 0.3) is 5.57 Å². The van der Waals surface area contributed by atoms with Crippen LogP contribution in [0.4, 0.5) is 0 Å². The van der Waals surface area contributed by atoms with Gasteiger partial charge >= 0.3 is 5.97 Å². The highest BCUT2D eigenvalue weighted by Crippen LogP contribution is 2.52. The minimum absolute atomic E-state index is 0.00971. The number of amides is 1. The van der Waals surface area contributed by atoms with Gasteiger partial charge in [0.25, 0.3) is 0 Å². The maximum absolute atomic E-state index is 12.4. The van der Waals surface area contributed by atoms with E-state index in [2.05, 4.69) is 16.4 Å². The average molecular weight is 438 g/mol. The van der Waals surface area contributed by atoms with Gasteiger partial charge in [0.15, 0.2) is 4.34 Å². The number of hydrogen-bond acceptors (Lipinski definition) is 8. The minimum atomic E-state index is -1.13. The number of carboxylic acids is 1. The molecule has 1 aromatic rings. The van der Waals surface area contributed by atoms with E-state index < -0.39 is 18.0 Å². The number of hydrogen-bond donors (Lipinski definition) is 4. The molecule has 0 radical (unpaired) electrons. The second-order valence-corrected chi connectivity index (χ2v) is 9.75. The molecule has 4 heterocycles. The summed E-state index contributed by atoms with van der Waals surface area (Å²) in [5.41, 5.74) is 1.90. The molecular weight excluding hydrogens is 414 g/mol. The summed E-state index contributed by atoms with van der Waals surface area (Å²) in [6, 6.07) is -0.256. The van der Waals surface area contributed by atoms with E-state index in [4.69, 9.17) is 0 Å². The predicted molar refractivity (Wildman–Crippen MR) is 109 cm³/mol. The quantitative estimate of drug-likeness (QED) is 0.489. The zero-order valence-electron chi connectivity index (χ0n) is 16.0. The molecule has 4 rings (SSSR count). The summed E-state index contributed by atoms with van der Waals surface area (Å²) in [6.45, 7) is 4.18. The molecule has 8 nitrogen and oxygen atoms in total. The van der Waals surface area contributed by atoms with Crippen molar-refractivity contribution >= 4 is 40.5 Å². The lowest BCUT2D eigenvalue weighted by Gasteiger charge is -2.46. The number of nitrogens with one attached hydrogen (secondary N) is 1. The fraction of sp³-hybridized carbons (Fsp3) is 0.526. The molecule has 0 spiro atoms. The first-order chi connectivity index (χ1) is 13.8. The summed E-state index contributed by atoms with van der Waals surface area (Å²) in [5.74, 6) is -2.22. The summed E-state index contributed by atoms with van der Waals surface area (Å²) in [5, 5.41) is 34.1. The van der Waals surface area contributed by atoms with Gasteiger partial charge in [-0.05, 0) is 18.9 Å². The number of fused-ring (bicyclic) bond motifs is 1. The molecule has 10 heteroatoms. The van der Waals surface area contributed by atoms with Gasteiger partial charge in [-0.3, -0.25) is 4.79 Å². The van der Waals surface area contributed by atoms with Gasteiger partial charge in [-0.15, -0.1) is 11.3 Å². The third-order valence-corrected chi connectivity index (χ3v) is 7.99. The molecule has 3 aliphatic heterocycles.